The normalized spacial score (nSPS) is 13.8. The summed E-state index contributed by atoms with van der Waals surface area (Å²) in [6.07, 6.45) is 0. The minimum absolute atomic E-state index is 0.0714. The maximum atomic E-state index is 14.6. The van der Waals surface area contributed by atoms with E-state index in [0.717, 1.165) is 0 Å². The van der Waals surface area contributed by atoms with Gasteiger partial charge < -0.3 is 20.5 Å². The van der Waals surface area contributed by atoms with Crippen LogP contribution < -0.4 is 11.1 Å². The first-order valence-corrected chi connectivity index (χ1v) is 9.90. The number of hydrogen-bond donors (Lipinski definition) is 2. The molecule has 0 unspecified atom stereocenters. The summed E-state index contributed by atoms with van der Waals surface area (Å²) in [6, 6.07) is 6.55. The number of rotatable bonds is 4. The van der Waals surface area contributed by atoms with Crippen LogP contribution in [0.5, 0.6) is 0 Å². The van der Waals surface area contributed by atoms with Gasteiger partial charge in [-0.3, -0.25) is 4.79 Å². The van der Waals surface area contributed by atoms with Crippen LogP contribution >= 0.6 is 0 Å². The molecule has 4 rings (SSSR count). The number of amides is 1. The highest BCUT2D eigenvalue weighted by Crippen LogP contribution is 2.36. The molecule has 0 atom stereocenters. The van der Waals surface area contributed by atoms with Gasteiger partial charge in [-0.15, -0.1) is 0 Å². The van der Waals surface area contributed by atoms with Crippen LogP contribution in [0, 0.1) is 23.3 Å². The minimum atomic E-state index is -1.11. The van der Waals surface area contributed by atoms with Crippen molar-refractivity contribution in [1.82, 2.24) is 14.5 Å². The summed E-state index contributed by atoms with van der Waals surface area (Å²) in [5.74, 6) is -3.40. The van der Waals surface area contributed by atoms with Gasteiger partial charge in [-0.25, -0.2) is 22.5 Å². The molecule has 6 nitrogen and oxygen atoms in total. The Bertz CT molecular complexity index is 1160. The average molecular weight is 447 g/mol. The molecule has 0 saturated carbocycles. The Kier molecular flexibility index (Phi) is 5.41. The number of imidazole rings is 1. The van der Waals surface area contributed by atoms with E-state index in [0.29, 0.717) is 30.2 Å². The van der Waals surface area contributed by atoms with Gasteiger partial charge in [-0.05, 0) is 38.1 Å². The summed E-state index contributed by atoms with van der Waals surface area (Å²) < 4.78 is 57.7. The maximum Gasteiger partial charge on any atom is 0.242 e. The zero-order valence-corrected chi connectivity index (χ0v) is 17.4. The van der Waals surface area contributed by atoms with Gasteiger partial charge in [0.15, 0.2) is 0 Å². The van der Waals surface area contributed by atoms with Gasteiger partial charge in [0.1, 0.15) is 40.6 Å². The first-order chi connectivity index (χ1) is 15.0. The molecule has 1 amide bonds. The number of carbonyl (C=O) groups is 1. The summed E-state index contributed by atoms with van der Waals surface area (Å²) in [5.41, 5.74) is 4.70. The number of nitrogens with one attached hydrogen (secondary N) is 1. The van der Waals surface area contributed by atoms with Gasteiger partial charge in [0.2, 0.25) is 5.91 Å². The smallest absolute Gasteiger partial charge is 0.242 e. The van der Waals surface area contributed by atoms with E-state index < -0.39 is 34.4 Å². The van der Waals surface area contributed by atoms with Crippen molar-refractivity contribution in [2.75, 3.05) is 11.9 Å². The third-order valence-corrected chi connectivity index (χ3v) is 5.16. The second-order valence-electron chi connectivity index (χ2n) is 8.20. The first kappa shape index (κ1) is 21.8. The van der Waals surface area contributed by atoms with Crippen molar-refractivity contribution < 1.29 is 22.4 Å². The van der Waals surface area contributed by atoms with Crippen LogP contribution in [0.4, 0.5) is 29.1 Å². The van der Waals surface area contributed by atoms with Crippen molar-refractivity contribution in [3.8, 4) is 11.3 Å². The third-order valence-electron chi connectivity index (χ3n) is 5.16. The largest absolute Gasteiger partial charge is 0.340 e. The number of hydrogen-bond acceptors (Lipinski definition) is 4. The van der Waals surface area contributed by atoms with E-state index in [4.69, 9.17) is 5.73 Å². The van der Waals surface area contributed by atoms with E-state index in [9.17, 15) is 22.4 Å². The van der Waals surface area contributed by atoms with Crippen molar-refractivity contribution in [2.45, 2.75) is 32.5 Å². The predicted molar refractivity (Wildman–Crippen MR) is 111 cm³/mol. The maximum absolute atomic E-state index is 14.6. The van der Waals surface area contributed by atoms with Crippen LogP contribution in [0.1, 0.15) is 19.7 Å². The second kappa shape index (κ2) is 7.94. The average Bonchev–Trinajstić information content (AvgIpc) is 3.04. The lowest BCUT2D eigenvalue weighted by Gasteiger charge is -2.33. The summed E-state index contributed by atoms with van der Waals surface area (Å²) in [4.78, 5) is 18.5. The van der Waals surface area contributed by atoms with Gasteiger partial charge in [-0.2, -0.15) is 0 Å². The van der Waals surface area contributed by atoms with E-state index in [-0.39, 0.29) is 30.5 Å². The zero-order valence-electron chi connectivity index (χ0n) is 17.4. The Labute approximate surface area is 181 Å². The van der Waals surface area contributed by atoms with E-state index >= 15 is 0 Å². The molecule has 3 N–H and O–H groups in total. The van der Waals surface area contributed by atoms with Crippen molar-refractivity contribution in [1.29, 1.82) is 0 Å². The van der Waals surface area contributed by atoms with Gasteiger partial charge in [-0.1, -0.05) is 0 Å². The monoisotopic (exact) mass is 447 g/mol. The van der Waals surface area contributed by atoms with E-state index in [1.807, 2.05) is 0 Å². The molecular weight excluding hydrogens is 426 g/mol. The fraction of sp³-hybridized carbons (Fsp3) is 0.273. The second-order valence-corrected chi connectivity index (χ2v) is 8.20. The summed E-state index contributed by atoms with van der Waals surface area (Å²) in [5, 5.41) is 3.03. The summed E-state index contributed by atoms with van der Waals surface area (Å²) >= 11 is 0. The minimum Gasteiger partial charge on any atom is -0.340 e. The fourth-order valence-electron chi connectivity index (χ4n) is 3.65. The van der Waals surface area contributed by atoms with Crippen LogP contribution in [0.25, 0.3) is 11.3 Å². The van der Waals surface area contributed by atoms with E-state index in [1.54, 1.807) is 18.4 Å². The molecule has 0 spiro atoms. The highest BCUT2D eigenvalue weighted by molar-refractivity contribution is 5.85. The van der Waals surface area contributed by atoms with E-state index in [1.165, 1.54) is 29.2 Å². The Hall–Kier alpha value is -3.40. The standard InChI is InChI=1S/C22H21F4N5O/c1-22(2,27)21(32)30-7-8-31-17(11-30)29-19(18-15(25)9-13(24)10-16(18)26)20(31)28-14-5-3-12(23)4-6-14/h3-6,9-10,28H,7-8,11,27H2,1-2H3. The summed E-state index contributed by atoms with van der Waals surface area (Å²) in [7, 11) is 0. The van der Waals surface area contributed by atoms with Crippen molar-refractivity contribution in [2.24, 2.45) is 5.73 Å². The number of benzene rings is 2. The van der Waals surface area contributed by atoms with E-state index in [2.05, 4.69) is 10.3 Å². The number of nitrogens with zero attached hydrogens (tertiary/aromatic N) is 3. The molecule has 0 saturated heterocycles. The van der Waals surface area contributed by atoms with Gasteiger partial charge >= 0.3 is 0 Å². The Morgan fingerprint density at radius 2 is 1.66 bits per heavy atom. The molecule has 0 fully saturated rings. The molecule has 1 aliphatic rings. The number of carbonyl (C=O) groups excluding carboxylic acids is 1. The highest BCUT2D eigenvalue weighted by Gasteiger charge is 2.33. The Morgan fingerprint density at radius 1 is 1.03 bits per heavy atom. The third kappa shape index (κ3) is 4.05. The van der Waals surface area contributed by atoms with Crippen LogP contribution in [-0.2, 0) is 17.9 Å². The molecule has 1 aromatic heterocycles. The lowest BCUT2D eigenvalue weighted by molar-refractivity contribution is -0.137. The first-order valence-electron chi connectivity index (χ1n) is 9.90. The number of halogens is 4. The lowest BCUT2D eigenvalue weighted by Crippen LogP contribution is -2.52. The molecule has 3 aromatic rings. The van der Waals surface area contributed by atoms with Gasteiger partial charge in [0.05, 0.1) is 17.6 Å². The summed E-state index contributed by atoms with van der Waals surface area (Å²) in [6.45, 7) is 3.83. The zero-order chi connectivity index (χ0) is 23.2. The highest BCUT2D eigenvalue weighted by atomic mass is 19.1. The fourth-order valence-corrected chi connectivity index (χ4v) is 3.65. The molecule has 2 aromatic carbocycles. The molecule has 1 aliphatic heterocycles. The Morgan fingerprint density at radius 3 is 2.25 bits per heavy atom. The van der Waals surface area contributed by atoms with Gasteiger partial charge in [0.25, 0.3) is 0 Å². The van der Waals surface area contributed by atoms with Crippen molar-refractivity contribution in [3.63, 3.8) is 0 Å². The van der Waals surface area contributed by atoms with Crippen molar-refractivity contribution >= 4 is 17.4 Å². The number of fused-ring (bicyclic) bond motifs is 1. The SMILES string of the molecule is CC(C)(N)C(=O)N1CCn2c(nc(-c3c(F)cc(F)cc3F)c2Nc2ccc(F)cc2)C1. The van der Waals surface area contributed by atoms with Crippen LogP contribution in [0.15, 0.2) is 36.4 Å². The molecule has 32 heavy (non-hydrogen) atoms. The lowest BCUT2D eigenvalue weighted by atomic mass is 10.1. The molecule has 0 aliphatic carbocycles. The predicted octanol–water partition coefficient (Wildman–Crippen LogP) is 3.93. The molecular formula is C22H21F4N5O. The molecule has 10 heteroatoms. The van der Waals surface area contributed by atoms with Crippen LogP contribution in [-0.4, -0.2) is 32.4 Å². The molecule has 0 bridgehead atoms. The topological polar surface area (TPSA) is 76.2 Å². The molecule has 0 radical (unpaired) electrons. The van der Waals surface area contributed by atoms with Crippen molar-refractivity contribution in [3.05, 3.63) is 65.5 Å². The van der Waals surface area contributed by atoms with Crippen LogP contribution in [0.3, 0.4) is 0 Å². The number of nitrogens with two attached hydrogens (primary N) is 1. The quantitative estimate of drug-likeness (QED) is 0.595. The van der Waals surface area contributed by atoms with Crippen LogP contribution in [0.2, 0.25) is 0 Å². The molecule has 2 heterocycles. The van der Waals surface area contributed by atoms with Gasteiger partial charge in [0, 0.05) is 30.9 Å². The Balaban J connectivity index is 1.82. The number of anilines is 2. The number of aromatic nitrogens is 2. The molecule has 168 valence electrons.